The van der Waals surface area contributed by atoms with Crippen LogP contribution in [0.5, 0.6) is 0 Å². The van der Waals surface area contributed by atoms with Gasteiger partial charge < -0.3 is 0 Å². The fraction of sp³-hybridized carbons (Fsp3) is 0.0909. The molecule has 0 bridgehead atoms. The molecule has 2 heteroatoms. The van der Waals surface area contributed by atoms with E-state index in [0.29, 0.717) is 11.1 Å². The predicted molar refractivity (Wildman–Crippen MR) is 49.4 cm³/mol. The SMILES string of the molecule is CC(=O)C1=CC(=O)c2ccccc21. The number of rotatable bonds is 1. The van der Waals surface area contributed by atoms with Gasteiger partial charge in [-0.25, -0.2) is 0 Å². The number of carbonyl (C=O) groups is 2. The van der Waals surface area contributed by atoms with Crippen LogP contribution < -0.4 is 0 Å². The van der Waals surface area contributed by atoms with Crippen molar-refractivity contribution in [3.63, 3.8) is 0 Å². The summed E-state index contributed by atoms with van der Waals surface area (Å²) in [5, 5.41) is 0. The minimum absolute atomic E-state index is 0.0571. The largest absolute Gasteiger partial charge is 0.294 e. The van der Waals surface area contributed by atoms with Crippen molar-refractivity contribution >= 4 is 17.1 Å². The van der Waals surface area contributed by atoms with E-state index in [-0.39, 0.29) is 11.6 Å². The first kappa shape index (κ1) is 7.92. The molecule has 64 valence electrons. The highest BCUT2D eigenvalue weighted by Gasteiger charge is 2.22. The van der Waals surface area contributed by atoms with Gasteiger partial charge in [-0.15, -0.1) is 0 Å². The number of fused-ring (bicyclic) bond motifs is 1. The van der Waals surface area contributed by atoms with Gasteiger partial charge in [0.25, 0.3) is 0 Å². The smallest absolute Gasteiger partial charge is 0.187 e. The molecular formula is C11H8O2. The molecule has 0 radical (unpaired) electrons. The van der Waals surface area contributed by atoms with Gasteiger partial charge in [0.2, 0.25) is 0 Å². The van der Waals surface area contributed by atoms with Crippen LogP contribution in [0.1, 0.15) is 22.8 Å². The molecule has 1 aromatic carbocycles. The van der Waals surface area contributed by atoms with Gasteiger partial charge in [-0.2, -0.15) is 0 Å². The number of carbonyl (C=O) groups excluding carboxylic acids is 2. The van der Waals surface area contributed by atoms with Crippen LogP contribution in [0.4, 0.5) is 0 Å². The topological polar surface area (TPSA) is 34.1 Å². The predicted octanol–water partition coefficient (Wildman–Crippen LogP) is 1.86. The molecule has 0 N–H and O–H groups in total. The van der Waals surface area contributed by atoms with Gasteiger partial charge >= 0.3 is 0 Å². The third-order valence-corrected chi connectivity index (χ3v) is 2.14. The Morgan fingerprint density at radius 1 is 1.15 bits per heavy atom. The van der Waals surface area contributed by atoms with Crippen molar-refractivity contribution in [3.8, 4) is 0 Å². The van der Waals surface area contributed by atoms with E-state index < -0.39 is 0 Å². The zero-order chi connectivity index (χ0) is 9.42. The van der Waals surface area contributed by atoms with Gasteiger partial charge in [-0.05, 0) is 18.6 Å². The van der Waals surface area contributed by atoms with Crippen LogP contribution in [0.3, 0.4) is 0 Å². The zero-order valence-electron chi connectivity index (χ0n) is 7.20. The zero-order valence-corrected chi connectivity index (χ0v) is 7.20. The van der Waals surface area contributed by atoms with Gasteiger partial charge in [0, 0.05) is 11.1 Å². The first-order valence-electron chi connectivity index (χ1n) is 4.06. The summed E-state index contributed by atoms with van der Waals surface area (Å²) in [6.07, 6.45) is 1.41. The maximum atomic E-state index is 11.4. The second kappa shape index (κ2) is 2.66. The highest BCUT2D eigenvalue weighted by Crippen LogP contribution is 2.27. The number of ketones is 2. The summed E-state index contributed by atoms with van der Waals surface area (Å²) in [6, 6.07) is 7.17. The number of hydrogen-bond acceptors (Lipinski definition) is 2. The molecule has 0 aromatic heterocycles. The van der Waals surface area contributed by atoms with Crippen LogP contribution in [-0.2, 0) is 4.79 Å². The summed E-state index contributed by atoms with van der Waals surface area (Å²) in [5.74, 6) is -0.126. The number of allylic oxidation sites excluding steroid dienone is 2. The quantitative estimate of drug-likeness (QED) is 0.647. The third-order valence-electron chi connectivity index (χ3n) is 2.14. The molecule has 0 aliphatic heterocycles. The molecule has 0 fully saturated rings. The molecule has 0 amide bonds. The minimum atomic E-state index is -0.0687. The van der Waals surface area contributed by atoms with Crippen LogP contribution in [0.2, 0.25) is 0 Å². The lowest BCUT2D eigenvalue weighted by molar-refractivity contribution is -0.111. The van der Waals surface area contributed by atoms with E-state index >= 15 is 0 Å². The van der Waals surface area contributed by atoms with Crippen LogP contribution in [0.15, 0.2) is 30.3 Å². The van der Waals surface area contributed by atoms with Gasteiger partial charge in [-0.1, -0.05) is 24.3 Å². The van der Waals surface area contributed by atoms with Crippen molar-refractivity contribution < 1.29 is 9.59 Å². The van der Waals surface area contributed by atoms with Gasteiger partial charge in [-0.3, -0.25) is 9.59 Å². The number of Topliss-reactive ketones (excluding diaryl/α,β-unsaturated/α-hetero) is 1. The Bertz CT molecular complexity index is 427. The van der Waals surface area contributed by atoms with Crippen molar-refractivity contribution in [2.24, 2.45) is 0 Å². The molecular weight excluding hydrogens is 164 g/mol. The Hall–Kier alpha value is -1.70. The van der Waals surface area contributed by atoms with E-state index in [2.05, 4.69) is 0 Å². The fourth-order valence-corrected chi connectivity index (χ4v) is 1.51. The van der Waals surface area contributed by atoms with Gasteiger partial charge in [0.1, 0.15) is 0 Å². The highest BCUT2D eigenvalue weighted by molar-refractivity contribution is 6.32. The molecule has 1 aliphatic rings. The van der Waals surface area contributed by atoms with E-state index in [9.17, 15) is 9.59 Å². The molecule has 1 aromatic rings. The standard InChI is InChI=1S/C11H8O2/c1-7(12)10-6-11(13)9-5-3-2-4-8(9)10/h2-6H,1H3. The lowest BCUT2D eigenvalue weighted by Crippen LogP contribution is -1.93. The Kier molecular flexibility index (Phi) is 1.62. The van der Waals surface area contributed by atoms with Gasteiger partial charge in [0.05, 0.1) is 0 Å². The molecule has 0 saturated carbocycles. The molecule has 2 rings (SSSR count). The van der Waals surface area contributed by atoms with E-state index in [1.54, 1.807) is 18.2 Å². The normalized spacial score (nSPS) is 13.9. The highest BCUT2D eigenvalue weighted by atomic mass is 16.1. The van der Waals surface area contributed by atoms with Crippen LogP contribution in [-0.4, -0.2) is 11.6 Å². The molecule has 0 spiro atoms. The summed E-state index contributed by atoms with van der Waals surface area (Å²) in [4.78, 5) is 22.5. The number of benzene rings is 1. The molecule has 13 heavy (non-hydrogen) atoms. The van der Waals surface area contributed by atoms with Crippen LogP contribution >= 0.6 is 0 Å². The maximum Gasteiger partial charge on any atom is 0.187 e. The minimum Gasteiger partial charge on any atom is -0.294 e. The second-order valence-corrected chi connectivity index (χ2v) is 3.02. The number of hydrogen-bond donors (Lipinski definition) is 0. The van der Waals surface area contributed by atoms with E-state index in [1.807, 2.05) is 6.07 Å². The average molecular weight is 172 g/mol. The summed E-state index contributed by atoms with van der Waals surface area (Å²) < 4.78 is 0. The fourth-order valence-electron chi connectivity index (χ4n) is 1.51. The van der Waals surface area contributed by atoms with Crippen molar-refractivity contribution in [1.29, 1.82) is 0 Å². The lowest BCUT2D eigenvalue weighted by atomic mass is 10.0. The Morgan fingerprint density at radius 3 is 2.38 bits per heavy atom. The Balaban J connectivity index is 2.64. The Labute approximate surface area is 75.9 Å². The van der Waals surface area contributed by atoms with Crippen molar-refractivity contribution in [3.05, 3.63) is 41.5 Å². The molecule has 2 nitrogen and oxygen atoms in total. The molecule has 0 saturated heterocycles. The van der Waals surface area contributed by atoms with Crippen molar-refractivity contribution in [2.75, 3.05) is 0 Å². The lowest BCUT2D eigenvalue weighted by Gasteiger charge is -1.98. The van der Waals surface area contributed by atoms with Gasteiger partial charge in [0.15, 0.2) is 11.6 Å². The average Bonchev–Trinajstić information content (AvgIpc) is 2.45. The monoisotopic (exact) mass is 172 g/mol. The van der Waals surface area contributed by atoms with Crippen LogP contribution in [0, 0.1) is 0 Å². The summed E-state index contributed by atoms with van der Waals surface area (Å²) in [7, 11) is 0. The second-order valence-electron chi connectivity index (χ2n) is 3.02. The molecule has 1 aliphatic carbocycles. The Morgan fingerprint density at radius 2 is 1.77 bits per heavy atom. The third kappa shape index (κ3) is 1.11. The molecule has 0 unspecified atom stereocenters. The first-order valence-corrected chi connectivity index (χ1v) is 4.06. The van der Waals surface area contributed by atoms with E-state index in [1.165, 1.54) is 13.0 Å². The van der Waals surface area contributed by atoms with E-state index in [0.717, 1.165) is 5.56 Å². The maximum absolute atomic E-state index is 11.4. The summed E-state index contributed by atoms with van der Waals surface area (Å²) in [6.45, 7) is 1.47. The molecule has 0 atom stereocenters. The summed E-state index contributed by atoms with van der Waals surface area (Å²) >= 11 is 0. The van der Waals surface area contributed by atoms with E-state index in [4.69, 9.17) is 0 Å². The first-order chi connectivity index (χ1) is 6.20. The van der Waals surface area contributed by atoms with Crippen LogP contribution in [0.25, 0.3) is 5.57 Å². The summed E-state index contributed by atoms with van der Waals surface area (Å²) in [5.41, 5.74) is 1.92. The van der Waals surface area contributed by atoms with Crippen molar-refractivity contribution in [1.82, 2.24) is 0 Å². The van der Waals surface area contributed by atoms with Crippen molar-refractivity contribution in [2.45, 2.75) is 6.92 Å². The molecule has 0 heterocycles.